The van der Waals surface area contributed by atoms with E-state index in [-0.39, 0.29) is 6.04 Å². The van der Waals surface area contributed by atoms with Crippen molar-refractivity contribution in [2.75, 3.05) is 20.3 Å². The molecule has 0 bridgehead atoms. The molecule has 0 spiro atoms. The Hall–Kier alpha value is -1.04. The Labute approximate surface area is 112 Å². The van der Waals surface area contributed by atoms with Gasteiger partial charge in [-0.25, -0.2) is 8.78 Å². The van der Waals surface area contributed by atoms with Crippen molar-refractivity contribution < 1.29 is 18.6 Å². The molecule has 0 aliphatic heterocycles. The second-order valence-electron chi connectivity index (χ2n) is 5.05. The SMILES string of the molecule is COCCC(C)(O)CNC(C)c1cc(F)cc(F)c1. The summed E-state index contributed by atoms with van der Waals surface area (Å²) in [4.78, 5) is 0. The number of aliphatic hydroxyl groups is 1. The van der Waals surface area contributed by atoms with Crippen molar-refractivity contribution in [3.8, 4) is 0 Å². The first-order valence-electron chi connectivity index (χ1n) is 6.25. The van der Waals surface area contributed by atoms with Gasteiger partial charge in [0.25, 0.3) is 0 Å². The molecule has 108 valence electrons. The number of benzene rings is 1. The van der Waals surface area contributed by atoms with Gasteiger partial charge in [-0.05, 0) is 31.5 Å². The van der Waals surface area contributed by atoms with Crippen LogP contribution in [-0.2, 0) is 4.74 Å². The van der Waals surface area contributed by atoms with Crippen LogP contribution in [0.3, 0.4) is 0 Å². The second-order valence-corrected chi connectivity index (χ2v) is 5.05. The zero-order valence-electron chi connectivity index (χ0n) is 11.5. The molecule has 0 radical (unpaired) electrons. The number of methoxy groups -OCH3 is 1. The van der Waals surface area contributed by atoms with Gasteiger partial charge in [0.1, 0.15) is 11.6 Å². The third-order valence-electron chi connectivity index (χ3n) is 3.02. The summed E-state index contributed by atoms with van der Waals surface area (Å²) in [6, 6.07) is 3.15. The van der Waals surface area contributed by atoms with Crippen LogP contribution < -0.4 is 5.32 Å². The van der Waals surface area contributed by atoms with Crippen LogP contribution in [0.1, 0.15) is 31.9 Å². The summed E-state index contributed by atoms with van der Waals surface area (Å²) >= 11 is 0. The van der Waals surface area contributed by atoms with E-state index in [9.17, 15) is 13.9 Å². The topological polar surface area (TPSA) is 41.5 Å². The van der Waals surface area contributed by atoms with Crippen LogP contribution in [0.4, 0.5) is 8.78 Å². The molecule has 0 amide bonds. The van der Waals surface area contributed by atoms with Gasteiger partial charge in [-0.3, -0.25) is 0 Å². The molecule has 2 atom stereocenters. The molecule has 1 aromatic rings. The van der Waals surface area contributed by atoms with E-state index in [2.05, 4.69) is 5.32 Å². The summed E-state index contributed by atoms with van der Waals surface area (Å²) in [5.74, 6) is -1.20. The minimum absolute atomic E-state index is 0.251. The highest BCUT2D eigenvalue weighted by atomic mass is 19.1. The van der Waals surface area contributed by atoms with E-state index in [0.29, 0.717) is 25.1 Å². The van der Waals surface area contributed by atoms with Gasteiger partial charge in [0, 0.05) is 38.8 Å². The van der Waals surface area contributed by atoms with Crippen LogP contribution in [0.5, 0.6) is 0 Å². The number of hydrogen-bond donors (Lipinski definition) is 2. The molecular weight excluding hydrogens is 252 g/mol. The summed E-state index contributed by atoms with van der Waals surface area (Å²) in [7, 11) is 1.57. The number of nitrogens with one attached hydrogen (secondary N) is 1. The minimum Gasteiger partial charge on any atom is -0.389 e. The molecule has 1 rings (SSSR count). The van der Waals surface area contributed by atoms with Gasteiger partial charge in [0.05, 0.1) is 5.60 Å². The maximum Gasteiger partial charge on any atom is 0.126 e. The van der Waals surface area contributed by atoms with E-state index in [4.69, 9.17) is 4.74 Å². The van der Waals surface area contributed by atoms with Crippen LogP contribution in [0.2, 0.25) is 0 Å². The van der Waals surface area contributed by atoms with Gasteiger partial charge < -0.3 is 15.2 Å². The van der Waals surface area contributed by atoms with Gasteiger partial charge >= 0.3 is 0 Å². The molecule has 5 heteroatoms. The zero-order valence-corrected chi connectivity index (χ0v) is 11.5. The Bertz CT molecular complexity index is 390. The molecule has 1 aromatic carbocycles. The first-order valence-corrected chi connectivity index (χ1v) is 6.25. The molecule has 0 saturated heterocycles. The summed E-state index contributed by atoms with van der Waals surface area (Å²) < 4.78 is 31.1. The standard InChI is InChI=1S/C14H21F2NO2/c1-10(11-6-12(15)8-13(16)7-11)17-9-14(2,18)4-5-19-3/h6-8,10,17-18H,4-5,9H2,1-3H3. The average Bonchev–Trinajstić information content (AvgIpc) is 2.32. The van der Waals surface area contributed by atoms with E-state index >= 15 is 0 Å². The maximum absolute atomic E-state index is 13.1. The maximum atomic E-state index is 13.1. The highest BCUT2D eigenvalue weighted by molar-refractivity contribution is 5.20. The molecule has 0 fully saturated rings. The fourth-order valence-electron chi connectivity index (χ4n) is 1.73. The van der Waals surface area contributed by atoms with Crippen LogP contribution in [-0.4, -0.2) is 31.0 Å². The van der Waals surface area contributed by atoms with Gasteiger partial charge in [0.2, 0.25) is 0 Å². The van der Waals surface area contributed by atoms with Crippen molar-refractivity contribution in [3.05, 3.63) is 35.4 Å². The molecule has 3 nitrogen and oxygen atoms in total. The van der Waals surface area contributed by atoms with Gasteiger partial charge in [-0.1, -0.05) is 0 Å². The average molecular weight is 273 g/mol. The van der Waals surface area contributed by atoms with Crippen molar-refractivity contribution >= 4 is 0 Å². The predicted molar refractivity (Wildman–Crippen MR) is 69.9 cm³/mol. The number of hydrogen-bond acceptors (Lipinski definition) is 3. The molecule has 2 N–H and O–H groups in total. The third-order valence-corrected chi connectivity index (χ3v) is 3.02. The molecule has 0 aromatic heterocycles. The lowest BCUT2D eigenvalue weighted by molar-refractivity contribution is 0.0231. The summed E-state index contributed by atoms with van der Waals surface area (Å²) in [6.07, 6.45) is 0.487. The van der Waals surface area contributed by atoms with E-state index in [1.807, 2.05) is 0 Å². The molecule has 2 unspecified atom stereocenters. The fraction of sp³-hybridized carbons (Fsp3) is 0.571. The van der Waals surface area contributed by atoms with Crippen molar-refractivity contribution in [2.24, 2.45) is 0 Å². The van der Waals surface area contributed by atoms with Crippen LogP contribution in [0.25, 0.3) is 0 Å². The van der Waals surface area contributed by atoms with Crippen molar-refractivity contribution in [1.29, 1.82) is 0 Å². The first-order chi connectivity index (χ1) is 8.84. The van der Waals surface area contributed by atoms with E-state index in [1.54, 1.807) is 21.0 Å². The highest BCUT2D eigenvalue weighted by Crippen LogP contribution is 2.17. The van der Waals surface area contributed by atoms with E-state index < -0.39 is 17.2 Å². The predicted octanol–water partition coefficient (Wildman–Crippen LogP) is 2.40. The summed E-state index contributed by atoms with van der Waals surface area (Å²) in [5, 5.41) is 13.1. The molecular formula is C14H21F2NO2. The van der Waals surface area contributed by atoms with Crippen LogP contribution in [0.15, 0.2) is 18.2 Å². The summed E-state index contributed by atoms with van der Waals surface area (Å²) in [6.45, 7) is 4.26. The Kier molecular flexibility index (Phi) is 5.85. The molecule has 0 heterocycles. The number of rotatable bonds is 7. The second kappa shape index (κ2) is 6.93. The number of ether oxygens (including phenoxy) is 1. The van der Waals surface area contributed by atoms with Gasteiger partial charge in [-0.2, -0.15) is 0 Å². The van der Waals surface area contributed by atoms with E-state index in [1.165, 1.54) is 12.1 Å². The van der Waals surface area contributed by atoms with Gasteiger partial charge in [-0.15, -0.1) is 0 Å². The highest BCUT2D eigenvalue weighted by Gasteiger charge is 2.21. The molecule has 0 aliphatic rings. The van der Waals surface area contributed by atoms with Crippen LogP contribution in [0, 0.1) is 11.6 Å². The number of halogens is 2. The Balaban J connectivity index is 2.57. The lowest BCUT2D eigenvalue weighted by Crippen LogP contribution is -2.39. The smallest absolute Gasteiger partial charge is 0.126 e. The van der Waals surface area contributed by atoms with Crippen LogP contribution >= 0.6 is 0 Å². The fourth-order valence-corrected chi connectivity index (χ4v) is 1.73. The molecule has 0 aliphatic carbocycles. The Morgan fingerprint density at radius 3 is 2.42 bits per heavy atom. The molecule has 19 heavy (non-hydrogen) atoms. The summed E-state index contributed by atoms with van der Waals surface area (Å²) in [5.41, 5.74) is -0.407. The lowest BCUT2D eigenvalue weighted by atomic mass is 10.0. The zero-order chi connectivity index (χ0) is 14.5. The normalized spacial score (nSPS) is 16.1. The van der Waals surface area contributed by atoms with E-state index in [0.717, 1.165) is 6.07 Å². The third kappa shape index (κ3) is 5.63. The largest absolute Gasteiger partial charge is 0.389 e. The Morgan fingerprint density at radius 2 is 1.89 bits per heavy atom. The van der Waals surface area contributed by atoms with Crippen molar-refractivity contribution in [2.45, 2.75) is 31.9 Å². The first kappa shape index (κ1) is 16.0. The van der Waals surface area contributed by atoms with Gasteiger partial charge in [0.15, 0.2) is 0 Å². The van der Waals surface area contributed by atoms with Crippen molar-refractivity contribution in [1.82, 2.24) is 5.32 Å². The molecule has 0 saturated carbocycles. The van der Waals surface area contributed by atoms with Crippen molar-refractivity contribution in [3.63, 3.8) is 0 Å². The minimum atomic E-state index is -0.920. The Morgan fingerprint density at radius 1 is 1.32 bits per heavy atom. The quantitative estimate of drug-likeness (QED) is 0.801. The lowest BCUT2D eigenvalue weighted by Gasteiger charge is -2.26. The monoisotopic (exact) mass is 273 g/mol.